The average molecular weight is 494 g/mol. The fraction of sp³-hybridized carbons (Fsp3) is 0.370. The van der Waals surface area contributed by atoms with Crippen LogP contribution in [0.15, 0.2) is 69.9 Å². The number of hydrogen-bond acceptors (Lipinski definition) is 6. The first-order valence-electron chi connectivity index (χ1n) is 12.1. The van der Waals surface area contributed by atoms with Crippen molar-refractivity contribution in [3.63, 3.8) is 0 Å². The summed E-state index contributed by atoms with van der Waals surface area (Å²) in [5.41, 5.74) is 0.626. The van der Waals surface area contributed by atoms with E-state index in [4.69, 9.17) is 13.6 Å². The van der Waals surface area contributed by atoms with Gasteiger partial charge in [-0.3, -0.25) is 14.4 Å². The van der Waals surface area contributed by atoms with Crippen molar-refractivity contribution in [3.8, 4) is 5.75 Å². The second kappa shape index (κ2) is 12.1. The molecule has 1 fully saturated rings. The molecule has 9 nitrogen and oxygen atoms in total. The van der Waals surface area contributed by atoms with Crippen molar-refractivity contribution >= 4 is 17.7 Å². The number of amides is 3. The van der Waals surface area contributed by atoms with Crippen LogP contribution in [0, 0.1) is 0 Å². The monoisotopic (exact) mass is 493 g/mol. The van der Waals surface area contributed by atoms with Gasteiger partial charge in [0.15, 0.2) is 5.76 Å². The Morgan fingerprint density at radius 1 is 1.00 bits per heavy atom. The van der Waals surface area contributed by atoms with Gasteiger partial charge in [-0.1, -0.05) is 31.4 Å². The normalized spacial score (nSPS) is 14.6. The summed E-state index contributed by atoms with van der Waals surface area (Å²) in [4.78, 5) is 41.0. The zero-order valence-electron chi connectivity index (χ0n) is 20.3. The van der Waals surface area contributed by atoms with Crippen molar-refractivity contribution in [2.45, 2.75) is 50.7 Å². The van der Waals surface area contributed by atoms with Crippen LogP contribution in [0.3, 0.4) is 0 Å². The van der Waals surface area contributed by atoms with Crippen LogP contribution in [-0.2, 0) is 16.1 Å². The van der Waals surface area contributed by atoms with E-state index in [0.717, 1.165) is 32.1 Å². The van der Waals surface area contributed by atoms with E-state index in [9.17, 15) is 14.4 Å². The van der Waals surface area contributed by atoms with Gasteiger partial charge in [0.05, 0.1) is 32.7 Å². The molecule has 3 aromatic rings. The molecule has 0 saturated heterocycles. The molecule has 1 aliphatic rings. The number of carbonyl (C=O) groups excluding carboxylic acids is 3. The molecule has 9 heteroatoms. The Hall–Kier alpha value is -4.01. The molecule has 0 radical (unpaired) electrons. The average Bonchev–Trinajstić information content (AvgIpc) is 3.62. The van der Waals surface area contributed by atoms with Gasteiger partial charge in [0.1, 0.15) is 17.6 Å². The summed E-state index contributed by atoms with van der Waals surface area (Å²) in [6.45, 7) is -0.263. The molecule has 1 atom stereocenters. The smallest absolute Gasteiger partial charge is 0.287 e. The number of nitrogens with one attached hydrogen (secondary N) is 2. The molecule has 1 aromatic carbocycles. The molecule has 2 N–H and O–H groups in total. The number of furan rings is 2. The fourth-order valence-electron chi connectivity index (χ4n) is 4.43. The Labute approximate surface area is 209 Å². The third-order valence-electron chi connectivity index (χ3n) is 6.31. The predicted molar refractivity (Wildman–Crippen MR) is 131 cm³/mol. The summed E-state index contributed by atoms with van der Waals surface area (Å²) in [5, 5.41) is 5.73. The molecule has 2 aromatic heterocycles. The minimum absolute atomic E-state index is 0.0528. The topological polar surface area (TPSA) is 114 Å². The quantitative estimate of drug-likeness (QED) is 0.444. The molecular formula is C27H31N3O6. The molecule has 0 spiro atoms. The molecule has 0 bridgehead atoms. The van der Waals surface area contributed by atoms with Crippen molar-refractivity contribution in [2.75, 3.05) is 13.7 Å². The van der Waals surface area contributed by atoms with Crippen LogP contribution in [0.25, 0.3) is 0 Å². The highest BCUT2D eigenvalue weighted by Crippen LogP contribution is 2.27. The summed E-state index contributed by atoms with van der Waals surface area (Å²) in [5.74, 6) is 0.0286. The van der Waals surface area contributed by atoms with Gasteiger partial charge in [-0.15, -0.1) is 0 Å². The van der Waals surface area contributed by atoms with E-state index >= 15 is 0 Å². The van der Waals surface area contributed by atoms with Gasteiger partial charge in [0.25, 0.3) is 5.91 Å². The maximum atomic E-state index is 13.7. The molecule has 4 rings (SSSR count). The van der Waals surface area contributed by atoms with E-state index in [1.807, 2.05) is 0 Å². The summed E-state index contributed by atoms with van der Waals surface area (Å²) in [7, 11) is 1.57. The number of carbonyl (C=O) groups is 3. The lowest BCUT2D eigenvalue weighted by molar-refractivity contribution is -0.141. The van der Waals surface area contributed by atoms with Crippen molar-refractivity contribution < 1.29 is 28.0 Å². The Kier molecular flexibility index (Phi) is 8.44. The lowest BCUT2D eigenvalue weighted by Gasteiger charge is -2.33. The molecule has 190 valence electrons. The lowest BCUT2D eigenvalue weighted by atomic mass is 9.94. The van der Waals surface area contributed by atoms with Crippen molar-refractivity contribution in [1.29, 1.82) is 0 Å². The minimum atomic E-state index is -0.934. The highest BCUT2D eigenvalue weighted by atomic mass is 16.5. The maximum absolute atomic E-state index is 13.7. The van der Waals surface area contributed by atoms with Gasteiger partial charge in [0.2, 0.25) is 11.8 Å². The first kappa shape index (κ1) is 25.1. The summed E-state index contributed by atoms with van der Waals surface area (Å²) < 4.78 is 15.9. The summed E-state index contributed by atoms with van der Waals surface area (Å²) >= 11 is 0. The first-order valence-corrected chi connectivity index (χ1v) is 12.1. The minimum Gasteiger partial charge on any atom is -0.497 e. The molecule has 1 saturated carbocycles. The Morgan fingerprint density at radius 2 is 1.72 bits per heavy atom. The van der Waals surface area contributed by atoms with Crippen LogP contribution in [0.1, 0.15) is 60.0 Å². The van der Waals surface area contributed by atoms with Gasteiger partial charge in [-0.2, -0.15) is 0 Å². The number of benzene rings is 1. The standard InChI is InChI=1S/C27H31N3O6/c1-34-21-13-11-19(12-14-21)25(27(33)29-20-7-3-2-4-8-20)30(18-22-9-5-15-35-22)24(31)17-28-26(32)23-10-6-16-36-23/h5-6,9-16,20,25H,2-4,7-8,17-18H2,1H3,(H,28,32)(H,29,33)/t25-/m1/s1. The van der Waals surface area contributed by atoms with Crippen LogP contribution in [0.4, 0.5) is 0 Å². The second-order valence-electron chi connectivity index (χ2n) is 8.78. The van der Waals surface area contributed by atoms with E-state index < -0.39 is 17.9 Å². The number of nitrogens with zero attached hydrogens (tertiary/aromatic N) is 1. The fourth-order valence-corrected chi connectivity index (χ4v) is 4.43. The van der Waals surface area contributed by atoms with Crippen LogP contribution in [0.2, 0.25) is 0 Å². The Morgan fingerprint density at radius 3 is 2.36 bits per heavy atom. The van der Waals surface area contributed by atoms with Crippen molar-refractivity contribution in [1.82, 2.24) is 15.5 Å². The van der Waals surface area contributed by atoms with Crippen molar-refractivity contribution in [3.05, 3.63) is 78.1 Å². The van der Waals surface area contributed by atoms with Gasteiger partial charge in [0, 0.05) is 6.04 Å². The number of rotatable bonds is 10. The van der Waals surface area contributed by atoms with E-state index in [1.165, 1.54) is 23.5 Å². The SMILES string of the molecule is COc1ccc([C@H](C(=O)NC2CCCCC2)N(Cc2ccco2)C(=O)CNC(=O)c2ccco2)cc1. The largest absolute Gasteiger partial charge is 0.497 e. The molecule has 1 aliphatic carbocycles. The molecule has 36 heavy (non-hydrogen) atoms. The Balaban J connectivity index is 1.61. The maximum Gasteiger partial charge on any atom is 0.287 e. The van der Waals surface area contributed by atoms with Gasteiger partial charge < -0.3 is 29.1 Å². The first-order chi connectivity index (χ1) is 17.5. The van der Waals surface area contributed by atoms with Crippen LogP contribution in [-0.4, -0.2) is 42.3 Å². The molecule has 0 unspecified atom stereocenters. The zero-order chi connectivity index (χ0) is 25.3. The molecule has 0 aliphatic heterocycles. The van der Waals surface area contributed by atoms with Crippen LogP contribution in [0.5, 0.6) is 5.75 Å². The predicted octanol–water partition coefficient (Wildman–Crippen LogP) is 3.83. The zero-order valence-corrected chi connectivity index (χ0v) is 20.3. The van der Waals surface area contributed by atoms with E-state index in [0.29, 0.717) is 17.1 Å². The highest BCUT2D eigenvalue weighted by Gasteiger charge is 2.33. The lowest BCUT2D eigenvalue weighted by Crippen LogP contribution is -2.49. The summed E-state index contributed by atoms with van der Waals surface area (Å²) in [6, 6.07) is 12.7. The third-order valence-corrected chi connectivity index (χ3v) is 6.31. The van der Waals surface area contributed by atoms with Gasteiger partial charge in [-0.05, 0) is 54.8 Å². The van der Waals surface area contributed by atoms with Crippen LogP contribution < -0.4 is 15.4 Å². The van der Waals surface area contributed by atoms with E-state index in [-0.39, 0.29) is 30.8 Å². The van der Waals surface area contributed by atoms with Crippen molar-refractivity contribution in [2.24, 2.45) is 0 Å². The molecular weight excluding hydrogens is 462 g/mol. The van der Waals surface area contributed by atoms with Gasteiger partial charge in [-0.25, -0.2) is 0 Å². The molecule has 2 heterocycles. The summed E-state index contributed by atoms with van der Waals surface area (Å²) in [6.07, 6.45) is 8.00. The number of ether oxygens (including phenoxy) is 1. The Bertz CT molecular complexity index is 1120. The number of hydrogen-bond donors (Lipinski definition) is 2. The van der Waals surface area contributed by atoms with E-state index in [1.54, 1.807) is 49.6 Å². The third kappa shape index (κ3) is 6.35. The second-order valence-corrected chi connectivity index (χ2v) is 8.78. The van der Waals surface area contributed by atoms with Crippen LogP contribution >= 0.6 is 0 Å². The molecule has 3 amide bonds. The highest BCUT2D eigenvalue weighted by molar-refractivity contribution is 5.95. The van der Waals surface area contributed by atoms with Gasteiger partial charge >= 0.3 is 0 Å². The number of methoxy groups -OCH3 is 1. The van der Waals surface area contributed by atoms with E-state index in [2.05, 4.69) is 10.6 Å².